The Kier molecular flexibility index (Phi) is 9.23. The van der Waals surface area contributed by atoms with Crippen molar-refractivity contribution in [2.45, 2.75) is 51.6 Å². The Labute approximate surface area is 227 Å². The van der Waals surface area contributed by atoms with Crippen LogP contribution in [0.15, 0.2) is 48.5 Å². The normalized spacial score (nSPS) is 19.1. The van der Waals surface area contributed by atoms with E-state index in [9.17, 15) is 19.2 Å². The van der Waals surface area contributed by atoms with E-state index in [1.165, 1.54) is 4.90 Å². The summed E-state index contributed by atoms with van der Waals surface area (Å²) in [5.74, 6) is -0.575. The predicted octanol–water partition coefficient (Wildman–Crippen LogP) is 4.21. The van der Waals surface area contributed by atoms with E-state index in [4.69, 9.17) is 16.3 Å². The number of hydrogen-bond acceptors (Lipinski definition) is 5. The summed E-state index contributed by atoms with van der Waals surface area (Å²) >= 11 is 6.15. The molecule has 1 aliphatic carbocycles. The second-order valence-corrected chi connectivity index (χ2v) is 9.89. The first-order chi connectivity index (χ1) is 18.4. The molecule has 2 fully saturated rings. The largest absolute Gasteiger partial charge is 0.494 e. The SMILES string of the molecule is CCOc1ccc(NC(=O)CN2C(=O)N(CCC(=O)NCc3ccccc3Cl)C(=O)C3CCCCC32)cc1. The highest BCUT2D eigenvalue weighted by Crippen LogP contribution is 2.34. The molecule has 2 aliphatic rings. The maximum atomic E-state index is 13.4. The molecule has 2 aromatic rings. The van der Waals surface area contributed by atoms with Crippen LogP contribution in [0, 0.1) is 5.92 Å². The summed E-state index contributed by atoms with van der Waals surface area (Å²) in [6, 6.07) is 13.4. The summed E-state index contributed by atoms with van der Waals surface area (Å²) in [7, 11) is 0. The van der Waals surface area contributed by atoms with Crippen LogP contribution in [0.2, 0.25) is 5.02 Å². The number of hydrogen-bond donors (Lipinski definition) is 2. The van der Waals surface area contributed by atoms with E-state index in [1.54, 1.807) is 30.3 Å². The van der Waals surface area contributed by atoms with E-state index < -0.39 is 6.03 Å². The van der Waals surface area contributed by atoms with Gasteiger partial charge in [0.1, 0.15) is 12.3 Å². The molecule has 0 bridgehead atoms. The number of anilines is 1. The third-order valence-corrected chi connectivity index (χ3v) is 7.32. The number of urea groups is 1. The monoisotopic (exact) mass is 540 g/mol. The highest BCUT2D eigenvalue weighted by atomic mass is 35.5. The zero-order chi connectivity index (χ0) is 27.1. The molecule has 0 aromatic heterocycles. The average Bonchev–Trinajstić information content (AvgIpc) is 2.92. The summed E-state index contributed by atoms with van der Waals surface area (Å²) < 4.78 is 5.43. The fraction of sp³-hybridized carbons (Fsp3) is 0.429. The van der Waals surface area contributed by atoms with Crippen molar-refractivity contribution in [3.63, 3.8) is 0 Å². The third-order valence-electron chi connectivity index (χ3n) is 6.95. The number of halogens is 1. The van der Waals surface area contributed by atoms with E-state index in [1.807, 2.05) is 25.1 Å². The van der Waals surface area contributed by atoms with Crippen LogP contribution in [0.4, 0.5) is 10.5 Å². The van der Waals surface area contributed by atoms with Gasteiger partial charge in [-0.05, 0) is 55.7 Å². The third kappa shape index (κ3) is 6.64. The number of nitrogens with zero attached hydrogens (tertiary/aromatic N) is 2. The standard InChI is InChI=1S/C28H33ClN4O5/c1-2-38-21-13-11-20(12-14-21)31-26(35)18-33-24-10-6-4-8-22(24)27(36)32(28(33)37)16-15-25(34)30-17-19-7-3-5-9-23(19)29/h3,5,7,9,11-14,22,24H,2,4,6,8,10,15-18H2,1H3,(H,30,34)(H,31,35). The quantitative estimate of drug-likeness (QED) is 0.469. The van der Waals surface area contributed by atoms with Crippen molar-refractivity contribution in [2.75, 3.05) is 25.0 Å². The highest BCUT2D eigenvalue weighted by Gasteiger charge is 2.47. The van der Waals surface area contributed by atoms with Crippen LogP contribution in [0.5, 0.6) is 5.75 Å². The predicted molar refractivity (Wildman–Crippen MR) is 144 cm³/mol. The molecule has 4 rings (SSSR count). The van der Waals surface area contributed by atoms with Crippen LogP contribution in [-0.2, 0) is 20.9 Å². The maximum absolute atomic E-state index is 13.4. The van der Waals surface area contributed by atoms with Gasteiger partial charge in [-0.25, -0.2) is 4.79 Å². The first-order valence-electron chi connectivity index (χ1n) is 13.0. The average molecular weight is 541 g/mol. The molecule has 1 aliphatic heterocycles. The van der Waals surface area contributed by atoms with Crippen molar-refractivity contribution in [1.82, 2.24) is 15.1 Å². The van der Waals surface area contributed by atoms with E-state index in [2.05, 4.69) is 10.6 Å². The molecule has 2 N–H and O–H groups in total. The maximum Gasteiger partial charge on any atom is 0.327 e. The molecule has 0 spiro atoms. The van der Waals surface area contributed by atoms with Crippen molar-refractivity contribution in [1.29, 1.82) is 0 Å². The number of ether oxygens (including phenoxy) is 1. The minimum atomic E-state index is -0.529. The lowest BCUT2D eigenvalue weighted by atomic mass is 9.81. The molecular formula is C28H33ClN4O5. The van der Waals surface area contributed by atoms with Crippen molar-refractivity contribution < 1.29 is 23.9 Å². The van der Waals surface area contributed by atoms with Gasteiger partial charge >= 0.3 is 6.03 Å². The molecule has 2 atom stereocenters. The molecule has 9 nitrogen and oxygen atoms in total. The number of amides is 5. The van der Waals surface area contributed by atoms with Crippen molar-refractivity contribution in [2.24, 2.45) is 5.92 Å². The van der Waals surface area contributed by atoms with E-state index in [0.717, 1.165) is 23.3 Å². The molecule has 1 saturated carbocycles. The van der Waals surface area contributed by atoms with E-state index >= 15 is 0 Å². The highest BCUT2D eigenvalue weighted by molar-refractivity contribution is 6.31. The van der Waals surface area contributed by atoms with Crippen molar-refractivity contribution in [3.8, 4) is 5.75 Å². The second-order valence-electron chi connectivity index (χ2n) is 9.48. The Bertz CT molecular complexity index is 1170. The number of benzene rings is 2. The molecule has 5 amide bonds. The molecule has 1 heterocycles. The number of imide groups is 1. The first-order valence-corrected chi connectivity index (χ1v) is 13.4. The van der Waals surface area contributed by atoms with Gasteiger partial charge in [0.15, 0.2) is 0 Å². The minimum Gasteiger partial charge on any atom is -0.494 e. The molecular weight excluding hydrogens is 508 g/mol. The Morgan fingerprint density at radius 2 is 1.76 bits per heavy atom. The van der Waals surface area contributed by atoms with Gasteiger partial charge in [0.05, 0.1) is 12.5 Å². The zero-order valence-corrected chi connectivity index (χ0v) is 22.2. The molecule has 2 unspecified atom stereocenters. The number of carbonyl (C=O) groups is 4. The summed E-state index contributed by atoms with van der Waals surface area (Å²) in [6.07, 6.45) is 3.07. The van der Waals surface area contributed by atoms with E-state index in [-0.39, 0.29) is 55.7 Å². The fourth-order valence-corrected chi connectivity index (χ4v) is 5.25. The molecule has 38 heavy (non-hydrogen) atoms. The lowest BCUT2D eigenvalue weighted by Gasteiger charge is -2.46. The van der Waals surface area contributed by atoms with Crippen LogP contribution < -0.4 is 15.4 Å². The van der Waals surface area contributed by atoms with Crippen LogP contribution >= 0.6 is 11.6 Å². The van der Waals surface area contributed by atoms with Gasteiger partial charge in [-0.1, -0.05) is 42.6 Å². The topological polar surface area (TPSA) is 108 Å². The van der Waals surface area contributed by atoms with Gasteiger partial charge in [-0.15, -0.1) is 0 Å². The molecule has 1 saturated heterocycles. The lowest BCUT2D eigenvalue weighted by Crippen LogP contribution is -2.63. The summed E-state index contributed by atoms with van der Waals surface area (Å²) in [6.45, 7) is 2.47. The van der Waals surface area contributed by atoms with Gasteiger partial charge in [0, 0.05) is 36.3 Å². The van der Waals surface area contributed by atoms with Crippen LogP contribution in [0.3, 0.4) is 0 Å². The number of rotatable bonds is 10. The van der Waals surface area contributed by atoms with E-state index in [0.29, 0.717) is 35.9 Å². The number of fused-ring (bicyclic) bond motifs is 1. The van der Waals surface area contributed by atoms with Gasteiger partial charge in [0.2, 0.25) is 17.7 Å². The molecule has 2 aromatic carbocycles. The van der Waals surface area contributed by atoms with Crippen molar-refractivity contribution >= 4 is 41.0 Å². The Balaban J connectivity index is 1.38. The van der Waals surface area contributed by atoms with Crippen LogP contribution in [-0.4, -0.2) is 59.3 Å². The molecule has 202 valence electrons. The summed E-state index contributed by atoms with van der Waals surface area (Å²) in [4.78, 5) is 54.7. The van der Waals surface area contributed by atoms with Gasteiger partial charge in [-0.2, -0.15) is 0 Å². The Hall–Kier alpha value is -3.59. The Morgan fingerprint density at radius 1 is 1.03 bits per heavy atom. The molecule has 10 heteroatoms. The fourth-order valence-electron chi connectivity index (χ4n) is 5.05. The smallest absolute Gasteiger partial charge is 0.327 e. The zero-order valence-electron chi connectivity index (χ0n) is 21.5. The van der Waals surface area contributed by atoms with Gasteiger partial charge in [0.25, 0.3) is 0 Å². The molecule has 0 radical (unpaired) electrons. The first kappa shape index (κ1) is 27.4. The van der Waals surface area contributed by atoms with Crippen LogP contribution in [0.1, 0.15) is 44.6 Å². The summed E-state index contributed by atoms with van der Waals surface area (Å²) in [5.41, 5.74) is 1.37. The van der Waals surface area contributed by atoms with Gasteiger partial charge in [-0.3, -0.25) is 19.3 Å². The minimum absolute atomic E-state index is 0.0362. The number of carbonyl (C=O) groups excluding carboxylic acids is 4. The van der Waals surface area contributed by atoms with Crippen molar-refractivity contribution in [3.05, 3.63) is 59.1 Å². The second kappa shape index (κ2) is 12.8. The number of nitrogens with one attached hydrogen (secondary N) is 2. The van der Waals surface area contributed by atoms with Crippen LogP contribution in [0.25, 0.3) is 0 Å². The van der Waals surface area contributed by atoms with Gasteiger partial charge < -0.3 is 20.3 Å². The Morgan fingerprint density at radius 3 is 2.50 bits per heavy atom. The summed E-state index contributed by atoms with van der Waals surface area (Å²) in [5, 5.41) is 6.16. The lowest BCUT2D eigenvalue weighted by molar-refractivity contribution is -0.142.